The van der Waals surface area contributed by atoms with E-state index in [2.05, 4.69) is 74.4 Å². The number of nitrogens with zero attached hydrogens (tertiary/aromatic N) is 3. The fourth-order valence-electron chi connectivity index (χ4n) is 2.53. The molecule has 0 radical (unpaired) electrons. The van der Waals surface area contributed by atoms with Crippen molar-refractivity contribution in [1.82, 2.24) is 15.3 Å². The second-order valence-corrected chi connectivity index (χ2v) is 5.78. The molecule has 1 N–H and O–H groups in total. The highest BCUT2D eigenvalue weighted by Gasteiger charge is 2.20. The van der Waals surface area contributed by atoms with Crippen LogP contribution in [0.4, 0.5) is 11.5 Å². The summed E-state index contributed by atoms with van der Waals surface area (Å²) in [6.07, 6.45) is 0.950. The third-order valence-corrected chi connectivity index (χ3v) is 3.95. The maximum Gasteiger partial charge on any atom is 0.198 e. The Hall–Kier alpha value is -1.46. The van der Waals surface area contributed by atoms with E-state index >= 15 is 0 Å². The topological polar surface area (TPSA) is 41.1 Å². The summed E-state index contributed by atoms with van der Waals surface area (Å²) in [6.45, 7) is 3.91. The van der Waals surface area contributed by atoms with Crippen LogP contribution < -0.4 is 10.2 Å². The van der Waals surface area contributed by atoms with Crippen molar-refractivity contribution < 1.29 is 0 Å². The van der Waals surface area contributed by atoms with Gasteiger partial charge in [-0.05, 0) is 40.5 Å². The van der Waals surface area contributed by atoms with Gasteiger partial charge in [0.15, 0.2) is 4.73 Å². The third-order valence-electron chi connectivity index (χ3n) is 3.59. The van der Waals surface area contributed by atoms with Crippen LogP contribution in [0, 0.1) is 6.92 Å². The Balaban J connectivity index is 2.07. The molecule has 0 saturated carbocycles. The van der Waals surface area contributed by atoms with Crippen LogP contribution in [-0.4, -0.2) is 23.6 Å². The maximum absolute atomic E-state index is 4.58. The average molecular weight is 333 g/mol. The van der Waals surface area contributed by atoms with Gasteiger partial charge in [-0.15, -0.1) is 0 Å². The molecule has 1 aliphatic heterocycles. The fourth-order valence-corrected chi connectivity index (χ4v) is 2.91. The first-order valence-electron chi connectivity index (χ1n) is 6.71. The summed E-state index contributed by atoms with van der Waals surface area (Å²) in [5.74, 6) is 0.972. The standard InChI is InChI=1S/C15H17BrN4/c1-10-4-3-5-11(8-10)20(2)14-12-9-17-7-6-13(12)18-15(16)19-14/h3-5,8,17H,6-7,9H2,1-2H3. The highest BCUT2D eigenvalue weighted by Crippen LogP contribution is 2.29. The molecule has 0 bridgehead atoms. The van der Waals surface area contributed by atoms with Gasteiger partial charge in [-0.2, -0.15) is 0 Å². The molecule has 20 heavy (non-hydrogen) atoms. The number of aryl methyl sites for hydroxylation is 1. The number of anilines is 2. The van der Waals surface area contributed by atoms with Crippen LogP contribution in [0.2, 0.25) is 0 Å². The Bertz CT molecular complexity index is 642. The summed E-state index contributed by atoms with van der Waals surface area (Å²) < 4.78 is 0.660. The summed E-state index contributed by atoms with van der Waals surface area (Å²) in [4.78, 5) is 11.2. The number of benzene rings is 1. The molecule has 5 heteroatoms. The molecule has 0 atom stereocenters. The van der Waals surface area contributed by atoms with Crippen molar-refractivity contribution in [3.63, 3.8) is 0 Å². The number of hydrogen-bond donors (Lipinski definition) is 1. The van der Waals surface area contributed by atoms with Crippen LogP contribution in [-0.2, 0) is 13.0 Å². The molecule has 3 rings (SSSR count). The minimum absolute atomic E-state index is 0.660. The highest BCUT2D eigenvalue weighted by atomic mass is 79.9. The van der Waals surface area contributed by atoms with Crippen molar-refractivity contribution in [2.75, 3.05) is 18.5 Å². The monoisotopic (exact) mass is 332 g/mol. The smallest absolute Gasteiger partial charge is 0.198 e. The summed E-state index contributed by atoms with van der Waals surface area (Å²) in [5, 5.41) is 3.40. The van der Waals surface area contributed by atoms with Crippen molar-refractivity contribution in [1.29, 1.82) is 0 Å². The van der Waals surface area contributed by atoms with E-state index in [1.807, 2.05) is 0 Å². The molecule has 0 fully saturated rings. The number of aromatic nitrogens is 2. The molecular weight excluding hydrogens is 316 g/mol. The SMILES string of the molecule is Cc1cccc(N(C)c2nc(Br)nc3c2CNCC3)c1. The largest absolute Gasteiger partial charge is 0.329 e. The molecular formula is C15H17BrN4. The molecule has 0 spiro atoms. The molecule has 1 aromatic carbocycles. The second-order valence-electron chi connectivity index (χ2n) is 5.07. The van der Waals surface area contributed by atoms with E-state index in [0.717, 1.165) is 36.7 Å². The quantitative estimate of drug-likeness (QED) is 0.858. The molecule has 0 saturated heterocycles. The van der Waals surface area contributed by atoms with E-state index in [1.54, 1.807) is 0 Å². The molecule has 104 valence electrons. The average Bonchev–Trinajstić information content (AvgIpc) is 2.45. The van der Waals surface area contributed by atoms with Crippen LogP contribution in [0.1, 0.15) is 16.8 Å². The van der Waals surface area contributed by atoms with Crippen molar-refractivity contribution >= 4 is 27.4 Å². The fraction of sp³-hybridized carbons (Fsp3) is 0.333. The van der Waals surface area contributed by atoms with E-state index in [1.165, 1.54) is 11.1 Å². The van der Waals surface area contributed by atoms with Crippen LogP contribution in [0.3, 0.4) is 0 Å². The molecule has 1 aliphatic rings. The van der Waals surface area contributed by atoms with Gasteiger partial charge in [0, 0.05) is 37.8 Å². The summed E-state index contributed by atoms with van der Waals surface area (Å²) in [7, 11) is 2.05. The number of nitrogens with one attached hydrogen (secondary N) is 1. The summed E-state index contributed by atoms with van der Waals surface area (Å²) in [6, 6.07) is 8.44. The van der Waals surface area contributed by atoms with Crippen molar-refractivity contribution in [3.05, 3.63) is 45.8 Å². The van der Waals surface area contributed by atoms with Crippen LogP contribution >= 0.6 is 15.9 Å². The van der Waals surface area contributed by atoms with E-state index in [0.29, 0.717) is 4.73 Å². The minimum atomic E-state index is 0.660. The predicted molar refractivity (Wildman–Crippen MR) is 84.4 cm³/mol. The molecule has 4 nitrogen and oxygen atoms in total. The Labute approximate surface area is 127 Å². The molecule has 0 aliphatic carbocycles. The third kappa shape index (κ3) is 2.55. The van der Waals surface area contributed by atoms with Crippen LogP contribution in [0.5, 0.6) is 0 Å². The highest BCUT2D eigenvalue weighted by molar-refractivity contribution is 9.10. The van der Waals surface area contributed by atoms with Gasteiger partial charge < -0.3 is 10.2 Å². The van der Waals surface area contributed by atoms with Gasteiger partial charge in [0.1, 0.15) is 5.82 Å². The molecule has 2 aromatic rings. The zero-order valence-corrected chi connectivity index (χ0v) is 13.2. The number of hydrogen-bond acceptors (Lipinski definition) is 4. The van der Waals surface area contributed by atoms with E-state index in [9.17, 15) is 0 Å². The van der Waals surface area contributed by atoms with Gasteiger partial charge in [-0.3, -0.25) is 0 Å². The first-order chi connectivity index (χ1) is 9.65. The number of halogens is 1. The molecule has 0 unspecified atom stereocenters. The Morgan fingerprint density at radius 3 is 2.95 bits per heavy atom. The maximum atomic E-state index is 4.58. The van der Waals surface area contributed by atoms with Gasteiger partial charge in [0.05, 0.1) is 5.69 Å². The molecule has 2 heterocycles. The lowest BCUT2D eigenvalue weighted by molar-refractivity contribution is 0.623. The van der Waals surface area contributed by atoms with Gasteiger partial charge in [-0.25, -0.2) is 9.97 Å². The van der Waals surface area contributed by atoms with Gasteiger partial charge >= 0.3 is 0 Å². The summed E-state index contributed by atoms with van der Waals surface area (Å²) >= 11 is 3.43. The Morgan fingerprint density at radius 1 is 1.30 bits per heavy atom. The molecule has 1 aromatic heterocycles. The van der Waals surface area contributed by atoms with Crippen LogP contribution in [0.25, 0.3) is 0 Å². The zero-order valence-electron chi connectivity index (χ0n) is 11.7. The van der Waals surface area contributed by atoms with Crippen LogP contribution in [0.15, 0.2) is 29.0 Å². The Kier molecular flexibility index (Phi) is 3.72. The van der Waals surface area contributed by atoms with Crippen molar-refractivity contribution in [2.45, 2.75) is 19.9 Å². The zero-order chi connectivity index (χ0) is 14.1. The minimum Gasteiger partial charge on any atom is -0.329 e. The lowest BCUT2D eigenvalue weighted by Gasteiger charge is -2.25. The van der Waals surface area contributed by atoms with E-state index < -0.39 is 0 Å². The lowest BCUT2D eigenvalue weighted by atomic mass is 10.1. The number of fused-ring (bicyclic) bond motifs is 1. The van der Waals surface area contributed by atoms with Crippen molar-refractivity contribution in [2.24, 2.45) is 0 Å². The van der Waals surface area contributed by atoms with E-state index in [-0.39, 0.29) is 0 Å². The predicted octanol–water partition coefficient (Wildman–Crippen LogP) is 2.96. The van der Waals surface area contributed by atoms with E-state index in [4.69, 9.17) is 0 Å². The van der Waals surface area contributed by atoms with Gasteiger partial charge in [-0.1, -0.05) is 12.1 Å². The summed E-state index contributed by atoms with van der Waals surface area (Å²) in [5.41, 5.74) is 4.72. The lowest BCUT2D eigenvalue weighted by Crippen LogP contribution is -2.28. The van der Waals surface area contributed by atoms with Crippen molar-refractivity contribution in [3.8, 4) is 0 Å². The Morgan fingerprint density at radius 2 is 2.15 bits per heavy atom. The normalized spacial score (nSPS) is 13.9. The first kappa shape index (κ1) is 13.5. The molecule has 0 amide bonds. The second kappa shape index (κ2) is 5.50. The van der Waals surface area contributed by atoms with Gasteiger partial charge in [0.25, 0.3) is 0 Å². The van der Waals surface area contributed by atoms with Gasteiger partial charge in [0.2, 0.25) is 0 Å². The first-order valence-corrected chi connectivity index (χ1v) is 7.51. The number of rotatable bonds is 2.